The van der Waals surface area contributed by atoms with Gasteiger partial charge in [-0.05, 0) is 24.7 Å². The molecule has 0 aliphatic carbocycles. The Bertz CT molecular complexity index is 565. The highest BCUT2D eigenvalue weighted by Crippen LogP contribution is 2.44. The van der Waals surface area contributed by atoms with E-state index in [4.69, 9.17) is 9.29 Å². The van der Waals surface area contributed by atoms with E-state index in [1.807, 2.05) is 27.7 Å². The Kier molecular flexibility index (Phi) is 8.75. The van der Waals surface area contributed by atoms with Crippen LogP contribution < -0.4 is 0 Å². The minimum absolute atomic E-state index is 0.125. The van der Waals surface area contributed by atoms with Crippen LogP contribution in [0.1, 0.15) is 48.0 Å². The predicted molar refractivity (Wildman–Crippen MR) is 102 cm³/mol. The zero-order chi connectivity index (χ0) is 21.0. The van der Waals surface area contributed by atoms with Crippen LogP contribution in [0.5, 0.6) is 0 Å². The van der Waals surface area contributed by atoms with Crippen molar-refractivity contribution in [1.29, 1.82) is 0 Å². The Morgan fingerprint density at radius 1 is 1.15 bits per heavy atom. The lowest BCUT2D eigenvalue weighted by Gasteiger charge is -2.41. The van der Waals surface area contributed by atoms with E-state index in [9.17, 15) is 18.3 Å². The lowest BCUT2D eigenvalue weighted by Crippen LogP contribution is -2.49. The molecule has 0 heterocycles. The first-order chi connectivity index (χ1) is 11.4. The average molecular weight is 397 g/mol. The van der Waals surface area contributed by atoms with Crippen LogP contribution in [0, 0.1) is 16.7 Å². The highest BCUT2D eigenvalue weighted by atomic mass is 32.2. The van der Waals surface area contributed by atoms with Crippen LogP contribution in [0.25, 0.3) is 0 Å². The first-order valence-electron chi connectivity index (χ1n) is 9.02. The molecule has 0 spiro atoms. The molecule has 8 heteroatoms. The smallest absolute Gasteiger partial charge is 0.312 e. The van der Waals surface area contributed by atoms with Gasteiger partial charge in [0.25, 0.3) is 10.1 Å². The molecule has 0 aromatic heterocycles. The second-order valence-electron chi connectivity index (χ2n) is 9.56. The largest absolute Gasteiger partial charge is 0.459 e. The van der Waals surface area contributed by atoms with E-state index in [1.165, 1.54) is 0 Å². The second-order valence-corrected chi connectivity index (χ2v) is 11.1. The number of hydrogen-bond acceptors (Lipinski definition) is 5. The van der Waals surface area contributed by atoms with Gasteiger partial charge in [-0.1, -0.05) is 34.6 Å². The van der Waals surface area contributed by atoms with E-state index in [-0.39, 0.29) is 29.0 Å². The number of esters is 1. The molecule has 0 aliphatic rings. The van der Waals surface area contributed by atoms with Crippen molar-refractivity contribution in [2.24, 2.45) is 16.7 Å². The van der Waals surface area contributed by atoms with Crippen LogP contribution in [0.2, 0.25) is 0 Å². The number of aliphatic hydroxyl groups is 1. The normalized spacial score (nSPS) is 17.0. The maximum absolute atomic E-state index is 12.8. The molecule has 156 valence electrons. The summed E-state index contributed by atoms with van der Waals surface area (Å²) in [6.07, 6.45) is -0.461. The lowest BCUT2D eigenvalue weighted by atomic mass is 9.64. The fourth-order valence-electron chi connectivity index (χ4n) is 3.01. The van der Waals surface area contributed by atoms with Gasteiger partial charge in [-0.25, -0.2) is 0 Å². The number of likely N-dealkylation sites (N-methyl/N-ethyl adjacent to an activating group) is 1. The summed E-state index contributed by atoms with van der Waals surface area (Å²) in [4.78, 5) is 12.8. The molecule has 2 N–H and O–H groups in total. The number of nitrogens with zero attached hydrogens (tertiary/aromatic N) is 1. The van der Waals surface area contributed by atoms with Crippen molar-refractivity contribution in [3.63, 3.8) is 0 Å². The molecule has 0 aliphatic heterocycles. The molecule has 2 unspecified atom stereocenters. The summed E-state index contributed by atoms with van der Waals surface area (Å²) in [5.74, 6) is -0.586. The molecule has 2 atom stereocenters. The van der Waals surface area contributed by atoms with Crippen LogP contribution >= 0.6 is 0 Å². The van der Waals surface area contributed by atoms with Gasteiger partial charge in [-0.15, -0.1) is 0 Å². The van der Waals surface area contributed by atoms with E-state index in [0.29, 0.717) is 12.5 Å². The molecule has 7 nitrogen and oxygen atoms in total. The Labute approximate surface area is 159 Å². The van der Waals surface area contributed by atoms with E-state index in [0.717, 1.165) is 6.42 Å². The molecular weight excluding hydrogens is 358 g/mol. The lowest BCUT2D eigenvalue weighted by molar-refractivity contribution is -0.893. The monoisotopic (exact) mass is 396 g/mol. The van der Waals surface area contributed by atoms with E-state index < -0.39 is 27.4 Å². The van der Waals surface area contributed by atoms with Crippen molar-refractivity contribution in [2.75, 3.05) is 39.5 Å². The summed E-state index contributed by atoms with van der Waals surface area (Å²) in [6.45, 7) is 12.9. The molecular formula is C18H38NO6S+. The molecule has 0 saturated heterocycles. The first kappa shape index (κ1) is 25.3. The summed E-state index contributed by atoms with van der Waals surface area (Å²) < 4.78 is 36.3. The van der Waals surface area contributed by atoms with Crippen LogP contribution in [-0.2, 0) is 19.6 Å². The third-order valence-corrected chi connectivity index (χ3v) is 5.77. The Morgan fingerprint density at radius 3 is 2.04 bits per heavy atom. The number of carbonyl (C=O) groups excluding carboxylic acids is 1. The van der Waals surface area contributed by atoms with Crippen molar-refractivity contribution in [2.45, 2.75) is 54.1 Å². The summed E-state index contributed by atoms with van der Waals surface area (Å²) in [6, 6.07) is 0. The topological polar surface area (TPSA) is 101 Å². The van der Waals surface area contributed by atoms with Crippen molar-refractivity contribution in [1.82, 2.24) is 0 Å². The molecule has 0 fully saturated rings. The standard InChI is InChI=1S/C18H37NO6S/c1-14(2)11-18(6,17(3,4)5)16(21)25-10-9-19(7,8)12-15(20)13-26(22,23)24/h14-15,20H,9-13H2,1-8H3/p+1. The molecule has 0 aromatic rings. The SMILES string of the molecule is CC(C)CC(C)(C(=O)OCC[N+](C)(C)CC(O)CS(=O)(=O)O)C(C)(C)C. The highest BCUT2D eigenvalue weighted by Gasteiger charge is 2.45. The van der Waals surface area contributed by atoms with E-state index in [1.54, 1.807) is 14.1 Å². The molecule has 0 rings (SSSR count). The van der Waals surface area contributed by atoms with Crippen molar-refractivity contribution in [3.8, 4) is 0 Å². The van der Waals surface area contributed by atoms with Gasteiger partial charge in [0.15, 0.2) is 0 Å². The average Bonchev–Trinajstić information content (AvgIpc) is 2.32. The van der Waals surface area contributed by atoms with Crippen LogP contribution in [0.4, 0.5) is 0 Å². The van der Waals surface area contributed by atoms with Crippen molar-refractivity contribution in [3.05, 3.63) is 0 Å². The number of quaternary nitrogens is 1. The fourth-order valence-corrected chi connectivity index (χ4v) is 3.61. The minimum atomic E-state index is -4.22. The Morgan fingerprint density at radius 2 is 1.65 bits per heavy atom. The second kappa shape index (κ2) is 8.99. The molecule has 26 heavy (non-hydrogen) atoms. The summed E-state index contributed by atoms with van der Waals surface area (Å²) in [5, 5.41) is 9.80. The summed E-state index contributed by atoms with van der Waals surface area (Å²) >= 11 is 0. The number of ether oxygens (including phenoxy) is 1. The molecule has 0 radical (unpaired) electrons. The minimum Gasteiger partial charge on any atom is -0.459 e. The zero-order valence-electron chi connectivity index (χ0n) is 17.6. The molecule has 0 saturated carbocycles. The number of hydrogen-bond donors (Lipinski definition) is 2. The Hall–Kier alpha value is -0.700. The van der Waals surface area contributed by atoms with Gasteiger partial charge in [0.1, 0.15) is 31.6 Å². The van der Waals surface area contributed by atoms with Gasteiger partial charge in [0.05, 0.1) is 19.5 Å². The van der Waals surface area contributed by atoms with Gasteiger partial charge in [-0.2, -0.15) is 8.42 Å². The third-order valence-electron chi connectivity index (χ3n) is 4.96. The van der Waals surface area contributed by atoms with E-state index in [2.05, 4.69) is 13.8 Å². The van der Waals surface area contributed by atoms with Crippen LogP contribution in [0.3, 0.4) is 0 Å². The fraction of sp³-hybridized carbons (Fsp3) is 0.944. The van der Waals surface area contributed by atoms with Gasteiger partial charge >= 0.3 is 5.97 Å². The predicted octanol–water partition coefficient (Wildman–Crippen LogP) is 1.95. The molecule has 0 amide bonds. The quantitative estimate of drug-likeness (QED) is 0.332. The third kappa shape index (κ3) is 8.79. The number of carbonyl (C=O) groups is 1. The van der Waals surface area contributed by atoms with Gasteiger partial charge < -0.3 is 14.3 Å². The van der Waals surface area contributed by atoms with Crippen LogP contribution in [0.15, 0.2) is 0 Å². The maximum atomic E-state index is 12.8. The number of rotatable bonds is 10. The first-order valence-corrected chi connectivity index (χ1v) is 10.6. The molecule has 0 bridgehead atoms. The number of aliphatic hydroxyl groups excluding tert-OH is 1. The van der Waals surface area contributed by atoms with Gasteiger partial charge in [0, 0.05) is 0 Å². The van der Waals surface area contributed by atoms with Gasteiger partial charge in [0.2, 0.25) is 0 Å². The highest BCUT2D eigenvalue weighted by molar-refractivity contribution is 7.85. The zero-order valence-corrected chi connectivity index (χ0v) is 18.4. The summed E-state index contributed by atoms with van der Waals surface area (Å²) in [7, 11) is -0.615. The molecule has 0 aromatic carbocycles. The van der Waals surface area contributed by atoms with Crippen molar-refractivity contribution >= 4 is 16.1 Å². The Balaban J connectivity index is 4.79. The van der Waals surface area contributed by atoms with Crippen molar-refractivity contribution < 1.29 is 32.1 Å². The summed E-state index contributed by atoms with van der Waals surface area (Å²) in [5.41, 5.74) is -0.854. The van der Waals surface area contributed by atoms with E-state index >= 15 is 0 Å². The van der Waals surface area contributed by atoms with Gasteiger partial charge in [-0.3, -0.25) is 9.35 Å². The maximum Gasteiger partial charge on any atom is 0.312 e. The van der Waals surface area contributed by atoms with Crippen LogP contribution in [-0.4, -0.2) is 74.2 Å².